The molecule has 2 fully saturated rings. The van der Waals surface area contributed by atoms with E-state index < -0.39 is 10.0 Å². The Morgan fingerprint density at radius 2 is 1.96 bits per heavy atom. The first-order valence-electron chi connectivity index (χ1n) is 8.97. The number of likely N-dealkylation sites (tertiary alicyclic amines) is 1. The Kier molecular flexibility index (Phi) is 6.71. The second-order valence-electron chi connectivity index (χ2n) is 7.20. The van der Waals surface area contributed by atoms with E-state index in [1.807, 2.05) is 11.8 Å². The molecule has 0 saturated carbocycles. The van der Waals surface area contributed by atoms with Gasteiger partial charge in [0.2, 0.25) is 10.0 Å². The van der Waals surface area contributed by atoms with Crippen molar-refractivity contribution < 1.29 is 13.2 Å². The summed E-state index contributed by atoms with van der Waals surface area (Å²) in [5.74, 6) is -0.0631. The molecule has 26 heavy (non-hydrogen) atoms. The van der Waals surface area contributed by atoms with E-state index in [0.717, 1.165) is 44.6 Å². The van der Waals surface area contributed by atoms with Crippen LogP contribution in [0.15, 0.2) is 23.1 Å². The Balaban J connectivity index is 0.00000243. The van der Waals surface area contributed by atoms with E-state index in [2.05, 4.69) is 10.0 Å². The number of nitrogens with zero attached hydrogens (tertiary/aromatic N) is 1. The lowest BCUT2D eigenvalue weighted by Gasteiger charge is -2.39. The Labute approximate surface area is 162 Å². The lowest BCUT2D eigenvalue weighted by Crippen LogP contribution is -2.44. The van der Waals surface area contributed by atoms with Crippen LogP contribution >= 0.6 is 12.4 Å². The number of benzene rings is 1. The zero-order valence-corrected chi connectivity index (χ0v) is 17.0. The molecule has 2 N–H and O–H groups in total. The van der Waals surface area contributed by atoms with Crippen LogP contribution in [0.4, 0.5) is 0 Å². The van der Waals surface area contributed by atoms with Gasteiger partial charge in [-0.2, -0.15) is 0 Å². The molecular weight excluding hydrogens is 374 g/mol. The minimum absolute atomic E-state index is 0. The number of amides is 1. The van der Waals surface area contributed by atoms with Gasteiger partial charge in [0.25, 0.3) is 5.91 Å². The molecule has 0 bridgehead atoms. The Bertz CT molecular complexity index is 751. The van der Waals surface area contributed by atoms with Gasteiger partial charge in [-0.15, -0.1) is 12.4 Å². The average molecular weight is 402 g/mol. The Hall–Kier alpha value is -1.15. The molecule has 0 aliphatic carbocycles. The van der Waals surface area contributed by atoms with Gasteiger partial charge in [0.15, 0.2) is 0 Å². The molecule has 1 spiro atoms. The molecular formula is C18H28ClN3O3S. The summed E-state index contributed by atoms with van der Waals surface area (Å²) in [4.78, 5) is 15.0. The molecule has 0 atom stereocenters. The second kappa shape index (κ2) is 8.25. The van der Waals surface area contributed by atoms with Crippen LogP contribution in [-0.4, -0.2) is 51.9 Å². The topological polar surface area (TPSA) is 78.5 Å². The molecule has 1 amide bonds. The normalized spacial score (nSPS) is 19.4. The van der Waals surface area contributed by atoms with Gasteiger partial charge >= 0.3 is 0 Å². The van der Waals surface area contributed by atoms with Crippen LogP contribution in [-0.2, 0) is 10.0 Å². The second-order valence-corrected chi connectivity index (χ2v) is 8.96. The minimum Gasteiger partial charge on any atom is -0.339 e. The van der Waals surface area contributed by atoms with Gasteiger partial charge in [0.1, 0.15) is 0 Å². The standard InChI is InChI=1S/C18H27N3O3S.ClH/c1-3-20-25(23,24)15-5-4-14(2)16(12-15)17(22)21-10-7-18(8-11-21)6-9-19-13-18;/h4-5,12,19-20H,3,6-11,13H2,1-2H3;1H. The Morgan fingerprint density at radius 3 is 2.54 bits per heavy atom. The van der Waals surface area contributed by atoms with Crippen LogP contribution in [0.1, 0.15) is 42.1 Å². The number of hydrogen-bond acceptors (Lipinski definition) is 4. The van der Waals surface area contributed by atoms with Crippen molar-refractivity contribution in [3.63, 3.8) is 0 Å². The lowest BCUT2D eigenvalue weighted by molar-refractivity contribution is 0.0606. The quantitative estimate of drug-likeness (QED) is 0.808. The third-order valence-corrected chi connectivity index (χ3v) is 7.07. The van der Waals surface area contributed by atoms with E-state index in [4.69, 9.17) is 0 Å². The maximum Gasteiger partial charge on any atom is 0.254 e. The van der Waals surface area contributed by atoms with Gasteiger partial charge in [-0.1, -0.05) is 13.0 Å². The van der Waals surface area contributed by atoms with Crippen molar-refractivity contribution in [1.82, 2.24) is 14.9 Å². The van der Waals surface area contributed by atoms with Crippen molar-refractivity contribution >= 4 is 28.3 Å². The summed E-state index contributed by atoms with van der Waals surface area (Å²) in [6, 6.07) is 4.78. The fraction of sp³-hybridized carbons (Fsp3) is 0.611. The van der Waals surface area contributed by atoms with Crippen LogP contribution in [0.25, 0.3) is 0 Å². The fourth-order valence-electron chi connectivity index (χ4n) is 3.85. The molecule has 0 unspecified atom stereocenters. The maximum absolute atomic E-state index is 13.0. The first kappa shape index (κ1) is 21.2. The molecule has 2 aliphatic rings. The van der Waals surface area contributed by atoms with Crippen LogP contribution in [0.3, 0.4) is 0 Å². The third kappa shape index (κ3) is 4.22. The molecule has 8 heteroatoms. The summed E-state index contributed by atoms with van der Waals surface area (Å²) < 4.78 is 26.9. The average Bonchev–Trinajstić information content (AvgIpc) is 3.03. The number of rotatable bonds is 4. The van der Waals surface area contributed by atoms with Gasteiger partial charge in [0.05, 0.1) is 4.90 Å². The van der Waals surface area contributed by atoms with E-state index in [1.165, 1.54) is 12.5 Å². The van der Waals surface area contributed by atoms with Gasteiger partial charge < -0.3 is 10.2 Å². The molecule has 0 radical (unpaired) electrons. The molecule has 0 aromatic heterocycles. The molecule has 2 heterocycles. The van der Waals surface area contributed by atoms with Crippen molar-refractivity contribution in [3.05, 3.63) is 29.3 Å². The number of halogens is 1. The number of piperidine rings is 1. The van der Waals surface area contributed by atoms with Crippen LogP contribution in [0, 0.1) is 12.3 Å². The predicted octanol–water partition coefficient (Wildman–Crippen LogP) is 1.93. The van der Waals surface area contributed by atoms with Crippen LogP contribution in [0.5, 0.6) is 0 Å². The van der Waals surface area contributed by atoms with Crippen LogP contribution < -0.4 is 10.0 Å². The molecule has 2 saturated heterocycles. The number of nitrogens with one attached hydrogen (secondary N) is 2. The van der Waals surface area contributed by atoms with Gasteiger partial charge in [-0.05, 0) is 55.8 Å². The predicted molar refractivity (Wildman–Crippen MR) is 104 cm³/mol. The van der Waals surface area contributed by atoms with Crippen LogP contribution in [0.2, 0.25) is 0 Å². The summed E-state index contributed by atoms with van der Waals surface area (Å²) in [5.41, 5.74) is 1.64. The number of carbonyl (C=O) groups excluding carboxylic acids is 1. The summed E-state index contributed by atoms with van der Waals surface area (Å²) in [5, 5.41) is 3.43. The molecule has 1 aromatic rings. The number of carbonyl (C=O) groups is 1. The summed E-state index contributed by atoms with van der Waals surface area (Å²) >= 11 is 0. The highest BCUT2D eigenvalue weighted by Gasteiger charge is 2.38. The molecule has 1 aromatic carbocycles. The first-order valence-corrected chi connectivity index (χ1v) is 10.5. The minimum atomic E-state index is -3.56. The number of sulfonamides is 1. The van der Waals surface area contributed by atoms with Crippen molar-refractivity contribution in [2.75, 3.05) is 32.7 Å². The fourth-order valence-corrected chi connectivity index (χ4v) is 4.92. The number of aryl methyl sites for hydroxylation is 1. The van der Waals surface area contributed by atoms with Gasteiger partial charge in [-0.25, -0.2) is 13.1 Å². The summed E-state index contributed by atoms with van der Waals surface area (Å²) in [6.45, 7) is 7.50. The first-order chi connectivity index (χ1) is 11.9. The van der Waals surface area contributed by atoms with Crippen molar-refractivity contribution in [2.24, 2.45) is 5.41 Å². The molecule has 146 valence electrons. The smallest absolute Gasteiger partial charge is 0.254 e. The highest BCUT2D eigenvalue weighted by atomic mass is 35.5. The van der Waals surface area contributed by atoms with E-state index in [9.17, 15) is 13.2 Å². The zero-order valence-electron chi connectivity index (χ0n) is 15.4. The monoisotopic (exact) mass is 401 g/mol. The van der Waals surface area contributed by atoms with Crippen molar-refractivity contribution in [2.45, 2.75) is 38.0 Å². The molecule has 3 rings (SSSR count). The van der Waals surface area contributed by atoms with E-state index in [-0.39, 0.29) is 23.2 Å². The highest BCUT2D eigenvalue weighted by molar-refractivity contribution is 7.89. The lowest BCUT2D eigenvalue weighted by atomic mass is 9.77. The largest absolute Gasteiger partial charge is 0.339 e. The van der Waals surface area contributed by atoms with Gasteiger partial charge in [0, 0.05) is 31.7 Å². The molecule has 6 nitrogen and oxygen atoms in total. The third-order valence-electron chi connectivity index (χ3n) is 5.53. The highest BCUT2D eigenvalue weighted by Crippen LogP contribution is 2.37. The van der Waals surface area contributed by atoms with Crippen molar-refractivity contribution in [1.29, 1.82) is 0 Å². The van der Waals surface area contributed by atoms with Crippen molar-refractivity contribution in [3.8, 4) is 0 Å². The Morgan fingerprint density at radius 1 is 1.27 bits per heavy atom. The number of hydrogen-bond donors (Lipinski definition) is 2. The SMILES string of the molecule is CCNS(=O)(=O)c1ccc(C)c(C(=O)N2CCC3(CCNC3)CC2)c1.Cl. The van der Waals surface area contributed by atoms with Gasteiger partial charge in [-0.3, -0.25) is 4.79 Å². The van der Waals surface area contributed by atoms with E-state index in [0.29, 0.717) is 17.5 Å². The zero-order chi connectivity index (χ0) is 18.1. The van der Waals surface area contributed by atoms with E-state index >= 15 is 0 Å². The maximum atomic E-state index is 13.0. The summed E-state index contributed by atoms with van der Waals surface area (Å²) in [7, 11) is -3.56. The summed E-state index contributed by atoms with van der Waals surface area (Å²) in [6.07, 6.45) is 3.21. The molecule has 2 aliphatic heterocycles. The van der Waals surface area contributed by atoms with E-state index in [1.54, 1.807) is 19.1 Å².